The van der Waals surface area contributed by atoms with Gasteiger partial charge in [-0.2, -0.15) is 0 Å². The molecule has 0 bridgehead atoms. The molecule has 2 aromatic rings. The van der Waals surface area contributed by atoms with Crippen molar-refractivity contribution in [3.63, 3.8) is 0 Å². The molecule has 3 N–H and O–H groups in total. The molecular weight excluding hydrogens is 292 g/mol. The van der Waals surface area contributed by atoms with Crippen molar-refractivity contribution >= 4 is 23.3 Å². The first-order valence-corrected chi connectivity index (χ1v) is 7.52. The topological polar surface area (TPSA) is 83.1 Å². The Balaban J connectivity index is 1.57. The maximum atomic E-state index is 12.1. The van der Waals surface area contributed by atoms with Crippen LogP contribution in [0.5, 0.6) is 0 Å². The van der Waals surface area contributed by atoms with Crippen molar-refractivity contribution in [3.8, 4) is 0 Å². The number of aromatic nitrogens is 1. The lowest BCUT2D eigenvalue weighted by Gasteiger charge is -2.08. The SMILES string of the molecule is Cc1ccc(C(=O)Nc2ccc(NC(=O)NC3CC3)cc2)cn1. The number of carbonyl (C=O) groups is 2. The van der Waals surface area contributed by atoms with Crippen molar-refractivity contribution in [1.29, 1.82) is 0 Å². The van der Waals surface area contributed by atoms with E-state index in [-0.39, 0.29) is 11.9 Å². The Morgan fingerprint density at radius 2 is 1.65 bits per heavy atom. The molecule has 0 atom stereocenters. The van der Waals surface area contributed by atoms with Gasteiger partial charge in [-0.15, -0.1) is 0 Å². The minimum Gasteiger partial charge on any atom is -0.335 e. The predicted molar refractivity (Wildman–Crippen MR) is 88.5 cm³/mol. The predicted octanol–water partition coefficient (Wildman–Crippen LogP) is 2.93. The van der Waals surface area contributed by atoms with E-state index in [0.717, 1.165) is 18.5 Å². The number of rotatable bonds is 4. The van der Waals surface area contributed by atoms with Crippen molar-refractivity contribution in [3.05, 3.63) is 53.9 Å². The van der Waals surface area contributed by atoms with E-state index in [2.05, 4.69) is 20.9 Å². The Hall–Kier alpha value is -2.89. The normalized spacial score (nSPS) is 13.3. The van der Waals surface area contributed by atoms with Gasteiger partial charge in [-0.25, -0.2) is 4.79 Å². The Morgan fingerprint density at radius 3 is 2.22 bits per heavy atom. The molecule has 6 heteroatoms. The van der Waals surface area contributed by atoms with Crippen molar-refractivity contribution in [2.24, 2.45) is 0 Å². The fraction of sp³-hybridized carbons (Fsp3) is 0.235. The summed E-state index contributed by atoms with van der Waals surface area (Å²) in [7, 11) is 0. The quantitative estimate of drug-likeness (QED) is 0.812. The number of carbonyl (C=O) groups excluding carboxylic acids is 2. The molecule has 1 aliphatic carbocycles. The summed E-state index contributed by atoms with van der Waals surface area (Å²) in [6.07, 6.45) is 3.64. The van der Waals surface area contributed by atoms with Crippen LogP contribution in [0.4, 0.5) is 16.2 Å². The fourth-order valence-corrected chi connectivity index (χ4v) is 2.02. The molecule has 1 fully saturated rings. The van der Waals surface area contributed by atoms with Crippen LogP contribution in [0.1, 0.15) is 28.9 Å². The summed E-state index contributed by atoms with van der Waals surface area (Å²) in [5.74, 6) is -0.218. The molecule has 3 rings (SSSR count). The van der Waals surface area contributed by atoms with Gasteiger partial charge in [-0.3, -0.25) is 9.78 Å². The summed E-state index contributed by atoms with van der Waals surface area (Å²) in [5.41, 5.74) is 2.70. The van der Waals surface area contributed by atoms with Crippen molar-refractivity contribution in [2.45, 2.75) is 25.8 Å². The number of hydrogen-bond donors (Lipinski definition) is 3. The number of benzene rings is 1. The highest BCUT2D eigenvalue weighted by molar-refractivity contribution is 6.04. The van der Waals surface area contributed by atoms with Gasteiger partial charge < -0.3 is 16.0 Å². The Bertz CT molecular complexity index is 706. The van der Waals surface area contributed by atoms with E-state index in [1.165, 1.54) is 0 Å². The van der Waals surface area contributed by atoms with Gasteiger partial charge in [0.25, 0.3) is 5.91 Å². The van der Waals surface area contributed by atoms with Crippen LogP contribution in [0.3, 0.4) is 0 Å². The second-order valence-corrected chi connectivity index (χ2v) is 5.59. The average molecular weight is 310 g/mol. The monoisotopic (exact) mass is 310 g/mol. The van der Waals surface area contributed by atoms with Gasteiger partial charge in [0, 0.05) is 29.3 Å². The summed E-state index contributed by atoms with van der Waals surface area (Å²) in [4.78, 5) is 27.8. The van der Waals surface area contributed by atoms with E-state index in [1.807, 2.05) is 6.92 Å². The third kappa shape index (κ3) is 4.29. The van der Waals surface area contributed by atoms with Gasteiger partial charge in [0.15, 0.2) is 0 Å². The highest BCUT2D eigenvalue weighted by Crippen LogP contribution is 2.19. The van der Waals surface area contributed by atoms with Crippen LogP contribution in [0.2, 0.25) is 0 Å². The van der Waals surface area contributed by atoms with Crippen LogP contribution < -0.4 is 16.0 Å². The van der Waals surface area contributed by atoms with Gasteiger partial charge in [-0.05, 0) is 56.2 Å². The molecule has 1 saturated carbocycles. The van der Waals surface area contributed by atoms with Crippen molar-refractivity contribution in [2.75, 3.05) is 10.6 Å². The molecule has 0 saturated heterocycles. The summed E-state index contributed by atoms with van der Waals surface area (Å²) < 4.78 is 0. The number of urea groups is 1. The minimum atomic E-state index is -0.218. The van der Waals surface area contributed by atoms with Crippen molar-refractivity contribution in [1.82, 2.24) is 10.3 Å². The Labute approximate surface area is 134 Å². The largest absolute Gasteiger partial charge is 0.335 e. The molecular formula is C17H18N4O2. The lowest BCUT2D eigenvalue weighted by Crippen LogP contribution is -2.30. The van der Waals surface area contributed by atoms with Gasteiger partial charge in [-0.1, -0.05) is 0 Å². The number of pyridine rings is 1. The molecule has 3 amide bonds. The molecule has 1 aliphatic rings. The molecule has 118 valence electrons. The second-order valence-electron chi connectivity index (χ2n) is 5.59. The molecule has 0 radical (unpaired) electrons. The van der Waals surface area contributed by atoms with E-state index in [0.29, 0.717) is 23.0 Å². The number of nitrogens with one attached hydrogen (secondary N) is 3. The lowest BCUT2D eigenvalue weighted by atomic mass is 10.2. The van der Waals surface area contributed by atoms with Crippen LogP contribution in [0.15, 0.2) is 42.6 Å². The van der Waals surface area contributed by atoms with E-state index in [4.69, 9.17) is 0 Å². The number of aryl methyl sites for hydroxylation is 1. The van der Waals surface area contributed by atoms with Crippen LogP contribution in [0.25, 0.3) is 0 Å². The average Bonchev–Trinajstić information content (AvgIpc) is 3.33. The summed E-state index contributed by atoms with van der Waals surface area (Å²) >= 11 is 0. The van der Waals surface area contributed by atoms with Crippen LogP contribution in [-0.4, -0.2) is 23.0 Å². The lowest BCUT2D eigenvalue weighted by molar-refractivity contribution is 0.102. The number of anilines is 2. The molecule has 23 heavy (non-hydrogen) atoms. The third-order valence-corrected chi connectivity index (χ3v) is 3.49. The highest BCUT2D eigenvalue weighted by atomic mass is 16.2. The first kappa shape index (κ1) is 15.0. The second kappa shape index (κ2) is 6.48. The Kier molecular flexibility index (Phi) is 4.23. The minimum absolute atomic E-state index is 0.199. The maximum absolute atomic E-state index is 12.1. The summed E-state index contributed by atoms with van der Waals surface area (Å²) in [6.45, 7) is 1.87. The van der Waals surface area contributed by atoms with Gasteiger partial charge in [0.1, 0.15) is 0 Å². The zero-order valence-corrected chi connectivity index (χ0v) is 12.8. The number of nitrogens with zero attached hydrogens (tertiary/aromatic N) is 1. The van der Waals surface area contributed by atoms with E-state index >= 15 is 0 Å². The maximum Gasteiger partial charge on any atom is 0.319 e. The molecule has 0 unspecified atom stereocenters. The molecule has 0 spiro atoms. The smallest absolute Gasteiger partial charge is 0.319 e. The molecule has 1 aromatic carbocycles. The summed E-state index contributed by atoms with van der Waals surface area (Å²) in [5, 5.41) is 8.40. The van der Waals surface area contributed by atoms with E-state index in [1.54, 1.807) is 42.6 Å². The van der Waals surface area contributed by atoms with E-state index in [9.17, 15) is 9.59 Å². The number of amides is 3. The fourth-order valence-electron chi connectivity index (χ4n) is 2.02. The first-order valence-electron chi connectivity index (χ1n) is 7.52. The molecule has 0 aliphatic heterocycles. The van der Waals surface area contributed by atoms with E-state index < -0.39 is 0 Å². The molecule has 6 nitrogen and oxygen atoms in total. The van der Waals surface area contributed by atoms with Crippen LogP contribution >= 0.6 is 0 Å². The third-order valence-electron chi connectivity index (χ3n) is 3.49. The standard InChI is InChI=1S/C17H18N4O2/c1-11-2-3-12(10-18-11)16(22)19-13-4-6-14(7-5-13)20-17(23)21-15-8-9-15/h2-7,10,15H,8-9H2,1H3,(H,19,22)(H2,20,21,23). The highest BCUT2D eigenvalue weighted by Gasteiger charge is 2.23. The van der Waals surface area contributed by atoms with Crippen LogP contribution in [-0.2, 0) is 0 Å². The van der Waals surface area contributed by atoms with Gasteiger partial charge in [0.2, 0.25) is 0 Å². The zero-order chi connectivity index (χ0) is 16.2. The van der Waals surface area contributed by atoms with Gasteiger partial charge >= 0.3 is 6.03 Å². The van der Waals surface area contributed by atoms with Crippen molar-refractivity contribution < 1.29 is 9.59 Å². The molecule has 1 aromatic heterocycles. The first-order chi connectivity index (χ1) is 11.1. The summed E-state index contributed by atoms with van der Waals surface area (Å²) in [6, 6.07) is 10.6. The molecule has 1 heterocycles. The number of hydrogen-bond acceptors (Lipinski definition) is 3. The van der Waals surface area contributed by atoms with Gasteiger partial charge in [0.05, 0.1) is 5.56 Å². The zero-order valence-electron chi connectivity index (χ0n) is 12.8. The van der Waals surface area contributed by atoms with Crippen LogP contribution in [0, 0.1) is 6.92 Å². The Morgan fingerprint density at radius 1 is 1.00 bits per heavy atom.